The molecule has 2 aliphatic heterocycles. The number of thioether (sulfide) groups is 1. The third-order valence-corrected chi connectivity index (χ3v) is 8.04. The zero-order chi connectivity index (χ0) is 26.6. The summed E-state index contributed by atoms with van der Waals surface area (Å²) in [5.41, 5.74) is 1.82. The van der Waals surface area contributed by atoms with Gasteiger partial charge in [-0.3, -0.25) is 19.3 Å². The van der Waals surface area contributed by atoms with Gasteiger partial charge in [0.2, 0.25) is 5.91 Å². The number of ether oxygens (including phenoxy) is 2. The zero-order valence-corrected chi connectivity index (χ0v) is 23.6. The number of halogens is 2. The smallest absolute Gasteiger partial charge is 0.294 e. The number of benzene rings is 2. The summed E-state index contributed by atoms with van der Waals surface area (Å²) in [5, 5.41) is 1.08. The van der Waals surface area contributed by atoms with Crippen LogP contribution in [0.4, 0.5) is 4.79 Å². The Kier molecular flexibility index (Phi) is 8.42. The Morgan fingerprint density at radius 2 is 1.95 bits per heavy atom. The van der Waals surface area contributed by atoms with Crippen molar-refractivity contribution in [2.75, 3.05) is 39.5 Å². The molecule has 0 atom stereocenters. The van der Waals surface area contributed by atoms with E-state index in [2.05, 4.69) is 20.5 Å². The number of hydrogen-bond donors (Lipinski definition) is 0. The number of imide groups is 1. The fourth-order valence-corrected chi connectivity index (χ4v) is 5.78. The molecule has 2 aliphatic rings. The molecule has 2 aromatic carbocycles. The minimum atomic E-state index is -0.453. The molecule has 11 heteroatoms. The highest BCUT2D eigenvalue weighted by atomic mass is 79.9. The maximum Gasteiger partial charge on any atom is 0.294 e. The quantitative estimate of drug-likeness (QED) is 0.248. The number of carbonyl (C=O) groups is 3. The molecular weight excluding hydrogens is 594 g/mol. The lowest BCUT2D eigenvalue weighted by atomic mass is 10.1. The van der Waals surface area contributed by atoms with E-state index in [4.69, 9.17) is 21.1 Å². The molecule has 0 spiro atoms. The Hall–Kier alpha value is -2.79. The summed E-state index contributed by atoms with van der Waals surface area (Å²) in [6, 6.07) is 13.3. The lowest BCUT2D eigenvalue weighted by Crippen LogP contribution is -2.46. The molecule has 2 saturated heterocycles. The number of aromatic nitrogens is 1. The van der Waals surface area contributed by atoms with Gasteiger partial charge in [-0.05, 0) is 54.6 Å². The van der Waals surface area contributed by atoms with Gasteiger partial charge in [0.05, 0.1) is 29.7 Å². The number of para-hydroxylation sites is 1. The summed E-state index contributed by atoms with van der Waals surface area (Å²) in [6.07, 6.45) is 4.44. The minimum Gasteiger partial charge on any atom is -0.492 e. The Morgan fingerprint density at radius 3 is 2.74 bits per heavy atom. The number of amides is 3. The van der Waals surface area contributed by atoms with E-state index in [-0.39, 0.29) is 12.5 Å². The van der Waals surface area contributed by atoms with Gasteiger partial charge in [-0.1, -0.05) is 39.7 Å². The summed E-state index contributed by atoms with van der Waals surface area (Å²) in [5.74, 6) is -0.0546. The van der Waals surface area contributed by atoms with Crippen LogP contribution in [-0.2, 0) is 20.9 Å². The van der Waals surface area contributed by atoms with Gasteiger partial charge < -0.3 is 18.9 Å². The molecular formula is C27H25BrClN3O5S. The molecule has 0 unspecified atom stereocenters. The molecule has 5 rings (SSSR count). The minimum absolute atomic E-state index is 0.253. The summed E-state index contributed by atoms with van der Waals surface area (Å²) in [4.78, 5) is 41.3. The van der Waals surface area contributed by atoms with Crippen molar-refractivity contribution >= 4 is 73.3 Å². The molecule has 2 fully saturated rings. The number of nitrogens with zero attached hydrogens (tertiary/aromatic N) is 3. The van der Waals surface area contributed by atoms with Crippen LogP contribution in [0.2, 0.25) is 5.02 Å². The topological polar surface area (TPSA) is 81.1 Å². The average Bonchev–Trinajstić information content (AvgIpc) is 3.39. The van der Waals surface area contributed by atoms with Gasteiger partial charge >= 0.3 is 0 Å². The molecule has 1 aromatic heterocycles. The standard InChI is InChI=1S/C27H25BrClN3O5S/c28-19-6-7-22-20(15-19)18(16-31(22)8-3-11-37-23-5-2-1-4-21(23)29)14-24-26(34)32(27(35)38-24)17-25(33)30-9-12-36-13-10-30/h1-2,4-7,14-16H,3,8-13,17H2/b24-14-. The Bertz CT molecular complexity index is 1420. The molecule has 0 N–H and O–H groups in total. The number of rotatable bonds is 8. The highest BCUT2D eigenvalue weighted by Gasteiger charge is 2.37. The third kappa shape index (κ3) is 5.93. The first-order valence-electron chi connectivity index (χ1n) is 12.2. The van der Waals surface area contributed by atoms with Crippen LogP contribution >= 0.6 is 39.3 Å². The van der Waals surface area contributed by atoms with Crippen molar-refractivity contribution in [3.05, 3.63) is 68.6 Å². The van der Waals surface area contributed by atoms with Crippen LogP contribution in [0.5, 0.6) is 5.75 Å². The van der Waals surface area contributed by atoms with Crippen molar-refractivity contribution in [3.63, 3.8) is 0 Å². The van der Waals surface area contributed by atoms with Gasteiger partial charge in [0, 0.05) is 46.8 Å². The molecule has 3 aromatic rings. The number of aryl methyl sites for hydroxylation is 1. The maximum absolute atomic E-state index is 13.1. The highest BCUT2D eigenvalue weighted by molar-refractivity contribution is 9.10. The monoisotopic (exact) mass is 617 g/mol. The van der Waals surface area contributed by atoms with Crippen LogP contribution in [0.3, 0.4) is 0 Å². The van der Waals surface area contributed by atoms with E-state index >= 15 is 0 Å². The van der Waals surface area contributed by atoms with Gasteiger partial charge in [-0.2, -0.15) is 0 Å². The van der Waals surface area contributed by atoms with E-state index in [0.29, 0.717) is 55.1 Å². The third-order valence-electron chi connectivity index (χ3n) is 6.33. The van der Waals surface area contributed by atoms with Crippen LogP contribution in [0.15, 0.2) is 58.0 Å². The number of fused-ring (bicyclic) bond motifs is 1. The van der Waals surface area contributed by atoms with Crippen LogP contribution in [-0.4, -0.2) is 70.9 Å². The molecule has 3 heterocycles. The van der Waals surface area contributed by atoms with Gasteiger partial charge in [-0.25, -0.2) is 0 Å². The SMILES string of the molecule is O=C(CN1C(=O)S/C(=C\c2cn(CCCOc3ccccc3Cl)c3ccc(Br)cc23)C1=O)N1CCOCC1. The van der Waals surface area contributed by atoms with E-state index in [1.54, 1.807) is 17.0 Å². The molecule has 0 radical (unpaired) electrons. The first-order valence-corrected chi connectivity index (χ1v) is 14.2. The molecule has 198 valence electrons. The molecule has 3 amide bonds. The van der Waals surface area contributed by atoms with Gasteiger partial charge in [0.25, 0.3) is 11.1 Å². The fraction of sp³-hybridized carbons (Fsp3) is 0.296. The summed E-state index contributed by atoms with van der Waals surface area (Å²) >= 11 is 10.6. The van der Waals surface area contributed by atoms with E-state index in [0.717, 1.165) is 44.0 Å². The number of carbonyl (C=O) groups excluding carboxylic acids is 3. The van der Waals surface area contributed by atoms with Crippen molar-refractivity contribution in [2.24, 2.45) is 0 Å². The average molecular weight is 619 g/mol. The predicted octanol–water partition coefficient (Wildman–Crippen LogP) is 5.42. The number of morpholine rings is 1. The van der Waals surface area contributed by atoms with Crippen molar-refractivity contribution in [2.45, 2.75) is 13.0 Å². The van der Waals surface area contributed by atoms with Crippen molar-refractivity contribution < 1.29 is 23.9 Å². The molecule has 8 nitrogen and oxygen atoms in total. The molecule has 0 saturated carbocycles. The molecule has 0 bridgehead atoms. The second kappa shape index (κ2) is 11.9. The predicted molar refractivity (Wildman–Crippen MR) is 151 cm³/mol. The van der Waals surface area contributed by atoms with E-state index in [9.17, 15) is 14.4 Å². The lowest BCUT2D eigenvalue weighted by molar-refractivity contribution is -0.139. The van der Waals surface area contributed by atoms with Crippen molar-refractivity contribution in [3.8, 4) is 5.75 Å². The normalized spacial score (nSPS) is 17.2. The Morgan fingerprint density at radius 1 is 1.16 bits per heavy atom. The number of hydrogen-bond acceptors (Lipinski definition) is 6. The second-order valence-corrected chi connectivity index (χ2v) is 11.1. The van der Waals surface area contributed by atoms with Crippen molar-refractivity contribution in [1.29, 1.82) is 0 Å². The molecule has 38 heavy (non-hydrogen) atoms. The summed E-state index contributed by atoms with van der Waals surface area (Å²) in [6.45, 7) is 2.75. The summed E-state index contributed by atoms with van der Waals surface area (Å²) < 4.78 is 14.1. The van der Waals surface area contributed by atoms with Crippen LogP contribution in [0.1, 0.15) is 12.0 Å². The van der Waals surface area contributed by atoms with E-state index < -0.39 is 11.1 Å². The van der Waals surface area contributed by atoms with Crippen LogP contribution in [0.25, 0.3) is 17.0 Å². The van der Waals surface area contributed by atoms with Gasteiger partial charge in [0.1, 0.15) is 12.3 Å². The molecule has 0 aliphatic carbocycles. The van der Waals surface area contributed by atoms with Crippen molar-refractivity contribution in [1.82, 2.24) is 14.4 Å². The van der Waals surface area contributed by atoms with Crippen LogP contribution in [0, 0.1) is 0 Å². The van der Waals surface area contributed by atoms with Gasteiger partial charge in [0.15, 0.2) is 0 Å². The highest BCUT2D eigenvalue weighted by Crippen LogP contribution is 2.35. The first-order chi connectivity index (χ1) is 18.4. The first kappa shape index (κ1) is 26.8. The van der Waals surface area contributed by atoms with E-state index in [1.807, 2.05) is 42.6 Å². The summed E-state index contributed by atoms with van der Waals surface area (Å²) in [7, 11) is 0. The zero-order valence-electron chi connectivity index (χ0n) is 20.4. The van der Waals surface area contributed by atoms with Gasteiger partial charge in [-0.15, -0.1) is 0 Å². The van der Waals surface area contributed by atoms with Crippen LogP contribution < -0.4 is 4.74 Å². The maximum atomic E-state index is 13.1. The Labute approximate surface area is 237 Å². The lowest BCUT2D eigenvalue weighted by Gasteiger charge is -2.28. The van der Waals surface area contributed by atoms with E-state index in [1.165, 1.54) is 0 Å². The fourth-order valence-electron chi connectivity index (χ4n) is 4.40. The Balaban J connectivity index is 1.31. The second-order valence-electron chi connectivity index (χ2n) is 8.83. The largest absolute Gasteiger partial charge is 0.492 e.